The van der Waals surface area contributed by atoms with Crippen LogP contribution in [0.25, 0.3) is 27.9 Å². The zero-order valence-corrected chi connectivity index (χ0v) is 20.7. The SMILES string of the molecule is Cc1ccc(-c2cnc3c(-c4ccc(Cl)cc4)c(Cc4ccccc4)[nH]n3c2=O)c(OP(=O)(O)O)c1. The highest BCUT2D eigenvalue weighted by molar-refractivity contribution is 7.46. The molecule has 2 heterocycles. The highest BCUT2D eigenvalue weighted by Gasteiger charge is 2.23. The molecule has 0 radical (unpaired) electrons. The van der Waals surface area contributed by atoms with E-state index >= 15 is 0 Å². The van der Waals surface area contributed by atoms with E-state index in [0.29, 0.717) is 22.7 Å². The Hall–Kier alpha value is -3.68. The zero-order valence-electron chi connectivity index (χ0n) is 19.1. The van der Waals surface area contributed by atoms with Gasteiger partial charge in [0.2, 0.25) is 0 Å². The first-order chi connectivity index (χ1) is 17.2. The molecule has 2 aromatic heterocycles. The second-order valence-electron chi connectivity index (χ2n) is 8.35. The van der Waals surface area contributed by atoms with Crippen LogP contribution in [0.4, 0.5) is 0 Å². The van der Waals surface area contributed by atoms with Crippen LogP contribution >= 0.6 is 19.4 Å². The third kappa shape index (κ3) is 4.85. The second kappa shape index (κ2) is 9.41. The Morgan fingerprint density at radius 1 is 1.03 bits per heavy atom. The van der Waals surface area contributed by atoms with E-state index < -0.39 is 13.4 Å². The van der Waals surface area contributed by atoms with E-state index in [1.165, 1.54) is 16.8 Å². The summed E-state index contributed by atoms with van der Waals surface area (Å²) in [6.07, 6.45) is 1.92. The fourth-order valence-corrected chi connectivity index (χ4v) is 4.68. The van der Waals surface area contributed by atoms with Crippen molar-refractivity contribution in [2.45, 2.75) is 13.3 Å². The van der Waals surface area contributed by atoms with Gasteiger partial charge in [-0.3, -0.25) is 19.7 Å². The largest absolute Gasteiger partial charge is 0.524 e. The number of H-pyrrole nitrogens is 1. The number of phosphoric acid groups is 1. The van der Waals surface area contributed by atoms with E-state index in [4.69, 9.17) is 16.1 Å². The van der Waals surface area contributed by atoms with Crippen LogP contribution in [-0.2, 0) is 11.0 Å². The number of aromatic amines is 1. The van der Waals surface area contributed by atoms with Crippen molar-refractivity contribution in [2.24, 2.45) is 0 Å². The van der Waals surface area contributed by atoms with Crippen molar-refractivity contribution in [2.75, 3.05) is 0 Å². The summed E-state index contributed by atoms with van der Waals surface area (Å²) in [6.45, 7) is 1.75. The van der Waals surface area contributed by atoms with Crippen LogP contribution in [0.2, 0.25) is 5.02 Å². The minimum atomic E-state index is -4.85. The average Bonchev–Trinajstić information content (AvgIpc) is 3.19. The summed E-state index contributed by atoms with van der Waals surface area (Å²) >= 11 is 6.10. The summed E-state index contributed by atoms with van der Waals surface area (Å²) in [5, 5.41) is 3.79. The minimum Gasteiger partial charge on any atom is -0.404 e. The maximum absolute atomic E-state index is 13.7. The van der Waals surface area contributed by atoms with Crippen LogP contribution in [0.15, 0.2) is 83.8 Å². The average molecular weight is 522 g/mol. The molecule has 182 valence electrons. The minimum absolute atomic E-state index is 0.101. The van der Waals surface area contributed by atoms with E-state index in [9.17, 15) is 19.1 Å². The number of fused-ring (bicyclic) bond motifs is 1. The summed E-state index contributed by atoms with van der Waals surface area (Å²) in [4.78, 5) is 37.0. The first-order valence-electron chi connectivity index (χ1n) is 11.0. The number of halogens is 1. The summed E-state index contributed by atoms with van der Waals surface area (Å²) < 4.78 is 17.8. The molecule has 0 saturated heterocycles. The van der Waals surface area contributed by atoms with Crippen LogP contribution in [-0.4, -0.2) is 24.4 Å². The van der Waals surface area contributed by atoms with Crippen molar-refractivity contribution < 1.29 is 18.9 Å². The number of aromatic nitrogens is 3. The molecule has 0 aliphatic heterocycles. The lowest BCUT2D eigenvalue weighted by molar-refractivity contribution is 0.283. The number of nitrogens with zero attached hydrogens (tertiary/aromatic N) is 2. The van der Waals surface area contributed by atoms with Crippen molar-refractivity contribution in [3.05, 3.63) is 111 Å². The van der Waals surface area contributed by atoms with Crippen molar-refractivity contribution in [1.29, 1.82) is 0 Å². The fourth-order valence-electron chi connectivity index (χ4n) is 4.15. The highest BCUT2D eigenvalue weighted by Crippen LogP contribution is 2.42. The molecular formula is C26H21ClN3O5P. The van der Waals surface area contributed by atoms with Gasteiger partial charge in [0, 0.05) is 34.5 Å². The third-order valence-corrected chi connectivity index (χ3v) is 6.42. The van der Waals surface area contributed by atoms with Gasteiger partial charge in [0.15, 0.2) is 5.65 Å². The van der Waals surface area contributed by atoms with Crippen LogP contribution in [0.1, 0.15) is 16.8 Å². The Morgan fingerprint density at radius 2 is 1.75 bits per heavy atom. The van der Waals surface area contributed by atoms with Gasteiger partial charge in [-0.2, -0.15) is 0 Å². The van der Waals surface area contributed by atoms with Crippen LogP contribution in [0, 0.1) is 6.92 Å². The number of aryl methyl sites for hydroxylation is 1. The quantitative estimate of drug-likeness (QED) is 0.258. The van der Waals surface area contributed by atoms with Crippen molar-refractivity contribution in [3.8, 4) is 28.0 Å². The number of benzene rings is 3. The Morgan fingerprint density at radius 3 is 2.44 bits per heavy atom. The Labute approximate surface area is 211 Å². The van der Waals surface area contributed by atoms with Crippen molar-refractivity contribution in [1.82, 2.24) is 14.6 Å². The first-order valence-corrected chi connectivity index (χ1v) is 12.9. The predicted octanol–water partition coefficient (Wildman–Crippen LogP) is 5.38. The summed E-state index contributed by atoms with van der Waals surface area (Å²) in [5.74, 6) is -0.101. The lowest BCUT2D eigenvalue weighted by atomic mass is 10.0. The molecule has 5 rings (SSSR count). The molecule has 10 heteroatoms. The lowest BCUT2D eigenvalue weighted by Gasteiger charge is -2.12. The molecule has 0 bridgehead atoms. The van der Waals surface area contributed by atoms with Gasteiger partial charge in [-0.1, -0.05) is 66.2 Å². The van der Waals surface area contributed by atoms with Crippen molar-refractivity contribution in [3.63, 3.8) is 0 Å². The van der Waals surface area contributed by atoms with Gasteiger partial charge < -0.3 is 4.52 Å². The Kier molecular flexibility index (Phi) is 6.28. The van der Waals surface area contributed by atoms with Gasteiger partial charge in [-0.05, 0) is 41.8 Å². The van der Waals surface area contributed by atoms with E-state index in [1.807, 2.05) is 42.5 Å². The molecule has 36 heavy (non-hydrogen) atoms. The fraction of sp³-hybridized carbons (Fsp3) is 0.0769. The molecule has 0 spiro atoms. The third-order valence-electron chi connectivity index (χ3n) is 5.73. The molecule has 8 nitrogen and oxygen atoms in total. The van der Waals surface area contributed by atoms with E-state index in [1.54, 1.807) is 31.2 Å². The normalized spacial score (nSPS) is 11.7. The monoisotopic (exact) mass is 521 g/mol. The summed E-state index contributed by atoms with van der Waals surface area (Å²) in [5.41, 5.74) is 4.47. The molecule has 3 N–H and O–H groups in total. The van der Waals surface area contributed by atoms with E-state index in [-0.39, 0.29) is 16.9 Å². The first kappa shape index (κ1) is 24.0. The van der Waals surface area contributed by atoms with Gasteiger partial charge >= 0.3 is 7.82 Å². The molecular weight excluding hydrogens is 501 g/mol. The molecule has 0 unspecified atom stereocenters. The van der Waals surface area contributed by atoms with Gasteiger partial charge in [-0.15, -0.1) is 0 Å². The predicted molar refractivity (Wildman–Crippen MR) is 138 cm³/mol. The van der Waals surface area contributed by atoms with E-state index in [2.05, 4.69) is 10.1 Å². The standard InChI is InChI=1S/C26H21ClN3O5P/c1-16-7-12-20(23(13-16)35-36(32,33)34)21-15-28-25-24(18-8-10-19(27)11-9-18)22(29-30(25)26(21)31)14-17-5-3-2-4-6-17/h2-13,15,29H,14H2,1H3,(H2,32,33,34). The van der Waals surface area contributed by atoms with Crippen LogP contribution in [0.3, 0.4) is 0 Å². The van der Waals surface area contributed by atoms with Gasteiger partial charge in [-0.25, -0.2) is 14.1 Å². The van der Waals surface area contributed by atoms with Gasteiger partial charge in [0.25, 0.3) is 5.56 Å². The number of phosphoric ester groups is 1. The molecule has 0 aliphatic rings. The van der Waals surface area contributed by atoms with Crippen LogP contribution in [0.5, 0.6) is 5.75 Å². The molecule has 0 fully saturated rings. The molecule has 3 aromatic carbocycles. The summed E-state index contributed by atoms with van der Waals surface area (Å²) in [7, 11) is -4.85. The molecule has 0 saturated carbocycles. The Bertz CT molecular complexity index is 1670. The van der Waals surface area contributed by atoms with Gasteiger partial charge in [0.1, 0.15) is 5.75 Å². The Balaban J connectivity index is 1.72. The number of rotatable bonds is 6. The van der Waals surface area contributed by atoms with Crippen LogP contribution < -0.4 is 10.1 Å². The molecule has 0 amide bonds. The molecule has 5 aromatic rings. The maximum Gasteiger partial charge on any atom is 0.524 e. The summed E-state index contributed by atoms with van der Waals surface area (Å²) in [6, 6.07) is 21.9. The zero-order chi connectivity index (χ0) is 25.4. The van der Waals surface area contributed by atoms with Gasteiger partial charge in [0.05, 0.1) is 5.56 Å². The molecule has 0 atom stereocenters. The maximum atomic E-state index is 13.7. The topological polar surface area (TPSA) is 117 Å². The number of hydrogen-bond donors (Lipinski definition) is 3. The highest BCUT2D eigenvalue weighted by atomic mass is 35.5. The molecule has 0 aliphatic carbocycles. The number of nitrogens with one attached hydrogen (secondary N) is 1. The van der Waals surface area contributed by atoms with Crippen molar-refractivity contribution >= 4 is 25.1 Å². The lowest BCUT2D eigenvalue weighted by Crippen LogP contribution is -2.17. The number of hydrogen-bond acceptors (Lipinski definition) is 4. The van der Waals surface area contributed by atoms with E-state index in [0.717, 1.165) is 22.4 Å². The smallest absolute Gasteiger partial charge is 0.404 e. The second-order valence-corrected chi connectivity index (χ2v) is 9.95.